The van der Waals surface area contributed by atoms with E-state index in [4.69, 9.17) is 42.7 Å². The molecule has 362 valence electrons. The van der Waals surface area contributed by atoms with Crippen LogP contribution in [0.15, 0.2) is 29.7 Å². The Morgan fingerprint density at radius 2 is 1.67 bits per heavy atom. The summed E-state index contributed by atoms with van der Waals surface area (Å²) in [5, 5.41) is 67.6. The molecule has 0 unspecified atom stereocenters. The number of hydrogen-bond acceptors (Lipinski definition) is 18. The van der Waals surface area contributed by atoms with Crippen molar-refractivity contribution in [3.05, 3.63) is 30.1 Å². The fraction of sp³-hybridized carbons (Fsp3) is 0.844. The number of nitrogens with one attached hydrogen (secondary N) is 1. The summed E-state index contributed by atoms with van der Waals surface area (Å²) in [6.07, 6.45) is -6.56. The summed E-state index contributed by atoms with van der Waals surface area (Å²) in [6.45, 7) is 17.7. The quantitative estimate of drug-likeness (QED) is 0.0642. The summed E-state index contributed by atoms with van der Waals surface area (Å²) in [6, 6.07) is 3.29. The number of ether oxygens (including phenoxy) is 8. The molecule has 0 aliphatic carbocycles. The molecule has 0 amide bonds. The van der Waals surface area contributed by atoms with Gasteiger partial charge in [0.15, 0.2) is 12.6 Å². The highest BCUT2D eigenvalue weighted by atomic mass is 16.7. The van der Waals surface area contributed by atoms with Crippen LogP contribution >= 0.6 is 0 Å². The van der Waals surface area contributed by atoms with Gasteiger partial charge in [-0.2, -0.15) is 0 Å². The molecule has 18 atom stereocenters. The van der Waals surface area contributed by atoms with Crippen LogP contribution in [-0.2, 0) is 54.1 Å². The van der Waals surface area contributed by atoms with Gasteiger partial charge in [-0.05, 0) is 72.4 Å². The zero-order valence-electron chi connectivity index (χ0n) is 39.3. The Hall–Kier alpha value is -2.43. The largest absolute Gasteiger partial charge is 0.459 e. The van der Waals surface area contributed by atoms with Crippen molar-refractivity contribution in [3.8, 4) is 0 Å². The van der Waals surface area contributed by atoms with Gasteiger partial charge in [0.05, 0.1) is 66.6 Å². The van der Waals surface area contributed by atoms with Crippen molar-refractivity contribution in [1.29, 1.82) is 0 Å². The molecule has 1 aromatic heterocycles. The maximum atomic E-state index is 14.4. The Bertz CT molecular complexity index is 1570. The average molecular weight is 900 g/mol. The molecule has 1 aromatic rings. The van der Waals surface area contributed by atoms with Crippen LogP contribution in [-0.4, -0.2) is 161 Å². The zero-order chi connectivity index (χ0) is 46.9. The highest BCUT2D eigenvalue weighted by Crippen LogP contribution is 2.41. The number of methoxy groups -OCH3 is 2. The molecule has 3 aliphatic heterocycles. The van der Waals surface area contributed by atoms with E-state index in [1.807, 2.05) is 26.0 Å². The molecule has 3 aliphatic rings. The smallest absolute Gasteiger partial charge is 0.311 e. The molecule has 4 heterocycles. The maximum Gasteiger partial charge on any atom is 0.311 e. The third kappa shape index (κ3) is 13.4. The van der Waals surface area contributed by atoms with E-state index in [0.717, 1.165) is 5.56 Å². The molecule has 0 spiro atoms. The van der Waals surface area contributed by atoms with Gasteiger partial charge in [-0.25, -0.2) is 0 Å². The van der Waals surface area contributed by atoms with E-state index in [1.165, 1.54) is 14.0 Å². The minimum Gasteiger partial charge on any atom is -0.459 e. The van der Waals surface area contributed by atoms with E-state index < -0.39 is 108 Å². The first-order valence-corrected chi connectivity index (χ1v) is 22.4. The number of aliphatic hydroxyl groups excluding tert-OH is 3. The van der Waals surface area contributed by atoms with Crippen molar-refractivity contribution < 1.29 is 73.1 Å². The molecular weight excluding hydrogens is 823 g/mol. The first-order chi connectivity index (χ1) is 29.6. The third-order valence-corrected chi connectivity index (χ3v) is 13.3. The Morgan fingerprint density at radius 3 is 2.30 bits per heavy atom. The van der Waals surface area contributed by atoms with Crippen LogP contribution in [0, 0.1) is 23.7 Å². The fourth-order valence-electron chi connectivity index (χ4n) is 9.40. The lowest BCUT2D eigenvalue weighted by Crippen LogP contribution is -2.61. The number of aliphatic hydroxyl groups is 5. The van der Waals surface area contributed by atoms with Crippen LogP contribution in [0.1, 0.15) is 100 Å². The van der Waals surface area contributed by atoms with Crippen molar-refractivity contribution in [2.75, 3.05) is 34.2 Å². The van der Waals surface area contributed by atoms with E-state index in [0.29, 0.717) is 19.6 Å². The third-order valence-electron chi connectivity index (χ3n) is 13.3. The van der Waals surface area contributed by atoms with Gasteiger partial charge < -0.3 is 73.6 Å². The van der Waals surface area contributed by atoms with E-state index in [9.17, 15) is 30.3 Å². The van der Waals surface area contributed by atoms with Crippen LogP contribution < -0.4 is 5.32 Å². The summed E-state index contributed by atoms with van der Waals surface area (Å²) in [5.74, 6) is -4.25. The van der Waals surface area contributed by atoms with Crippen molar-refractivity contribution in [2.24, 2.45) is 28.8 Å². The number of oxime groups is 1. The predicted octanol–water partition coefficient (Wildman–Crippen LogP) is 2.83. The summed E-state index contributed by atoms with van der Waals surface area (Å²) < 4.78 is 48.4. The number of cyclic esters (lactones) is 1. The van der Waals surface area contributed by atoms with Crippen molar-refractivity contribution in [3.63, 3.8) is 0 Å². The monoisotopic (exact) mass is 900 g/mol. The van der Waals surface area contributed by atoms with Crippen molar-refractivity contribution in [2.45, 2.75) is 186 Å². The van der Waals surface area contributed by atoms with Gasteiger partial charge in [-0.3, -0.25) is 9.78 Å². The van der Waals surface area contributed by atoms with Crippen LogP contribution in [0.5, 0.6) is 0 Å². The SMILES string of the molecule is CC[C@H]1OC(=O)[C@H](C)[C@@H](O[C@H]2C[C@@](C)(OC)[C@@H](O)[C@H](C)O2)[C@H](C)[C@@H](O[C@@H]2O[C@H](C)C[C@H](NCc3cccnc3)[C@H]2O)[C@](C)(O)C[C@@H](C)/C(=N\OCOCCOC)[C@H](C)[C@@H](O)[C@]1(C)O. The Balaban J connectivity index is 1.82. The van der Waals surface area contributed by atoms with Crippen LogP contribution in [0.25, 0.3) is 0 Å². The number of carbonyl (C=O) groups excluding carboxylic acids is 1. The van der Waals surface area contributed by atoms with Gasteiger partial charge in [-0.1, -0.05) is 38.9 Å². The number of pyridine rings is 1. The predicted molar refractivity (Wildman–Crippen MR) is 230 cm³/mol. The van der Waals surface area contributed by atoms with E-state index >= 15 is 0 Å². The van der Waals surface area contributed by atoms with Gasteiger partial charge >= 0.3 is 5.97 Å². The number of nitrogens with zero attached hydrogens (tertiary/aromatic N) is 2. The summed E-state index contributed by atoms with van der Waals surface area (Å²) >= 11 is 0. The summed E-state index contributed by atoms with van der Waals surface area (Å²) in [4.78, 5) is 24.2. The normalized spacial score (nSPS) is 43.0. The number of aromatic nitrogens is 1. The average Bonchev–Trinajstić information content (AvgIpc) is 3.24. The number of esters is 1. The van der Waals surface area contributed by atoms with Crippen LogP contribution in [0.3, 0.4) is 0 Å². The number of carbonyl (C=O) groups is 1. The van der Waals surface area contributed by atoms with Gasteiger partial charge in [0.1, 0.15) is 23.9 Å². The first kappa shape index (κ1) is 53.2. The molecule has 0 radical (unpaired) electrons. The minimum absolute atomic E-state index is 0.0529. The standard InChI is InChI=1S/C45H77N3O15/c1-13-33-45(10,54)38(50)27(4)35(48-58-24-57-18-17-55-11)25(2)20-43(8,53)40(63-42-36(49)32(19-26(3)59-42)47-23-31-15-14-16-46-22-31)28(5)37(29(6)41(52)61-33)62-34-21-44(9,56-12)39(51)30(7)60-34/h14-16,22,25-30,32-34,36-40,42,47,49-51,53-54H,13,17-21,23-24H2,1-12H3/b48-35+/t25-,26-,27+,28+,29-,30+,32+,33-,34+,36-,37+,38-,39+,40-,42+,43-,44-,45-/m1/s1. The lowest BCUT2D eigenvalue weighted by Gasteiger charge is -2.49. The number of hydrogen-bond donors (Lipinski definition) is 6. The summed E-state index contributed by atoms with van der Waals surface area (Å²) in [5.41, 5.74) is -3.65. The Labute approximate surface area is 373 Å². The molecule has 0 saturated carbocycles. The second-order valence-corrected chi connectivity index (χ2v) is 18.6. The lowest BCUT2D eigenvalue weighted by molar-refractivity contribution is -0.316. The van der Waals surface area contributed by atoms with Gasteiger partial charge in [-0.15, -0.1) is 0 Å². The lowest BCUT2D eigenvalue weighted by atomic mass is 9.73. The van der Waals surface area contributed by atoms with Gasteiger partial charge in [0.25, 0.3) is 0 Å². The molecule has 18 nitrogen and oxygen atoms in total. The molecule has 3 saturated heterocycles. The number of rotatable bonds is 15. The maximum absolute atomic E-state index is 14.4. The zero-order valence-corrected chi connectivity index (χ0v) is 39.3. The van der Waals surface area contributed by atoms with Crippen molar-refractivity contribution in [1.82, 2.24) is 10.3 Å². The van der Waals surface area contributed by atoms with E-state index in [1.54, 1.807) is 68.0 Å². The molecule has 63 heavy (non-hydrogen) atoms. The highest BCUT2D eigenvalue weighted by molar-refractivity contribution is 5.88. The first-order valence-electron chi connectivity index (χ1n) is 22.4. The fourth-order valence-corrected chi connectivity index (χ4v) is 9.40. The molecule has 4 rings (SSSR count). The van der Waals surface area contributed by atoms with Gasteiger partial charge in [0.2, 0.25) is 6.79 Å². The molecule has 18 heteroatoms. The second-order valence-electron chi connectivity index (χ2n) is 18.6. The molecule has 3 fully saturated rings. The molecule has 6 N–H and O–H groups in total. The highest BCUT2D eigenvalue weighted by Gasteiger charge is 2.53. The Morgan fingerprint density at radius 1 is 0.952 bits per heavy atom. The Kier molecular flexibility index (Phi) is 19.7. The van der Waals surface area contributed by atoms with Crippen LogP contribution in [0.4, 0.5) is 0 Å². The van der Waals surface area contributed by atoms with E-state index in [-0.39, 0.29) is 44.5 Å². The van der Waals surface area contributed by atoms with Crippen molar-refractivity contribution >= 4 is 11.7 Å². The van der Waals surface area contributed by atoms with Crippen LogP contribution in [0.2, 0.25) is 0 Å². The topological polar surface area (TPSA) is 239 Å². The van der Waals surface area contributed by atoms with Gasteiger partial charge in [0, 0.05) is 63.4 Å². The molecule has 0 aromatic carbocycles. The molecule has 0 bridgehead atoms. The summed E-state index contributed by atoms with van der Waals surface area (Å²) in [7, 11) is 3.03. The minimum atomic E-state index is -1.98. The van der Waals surface area contributed by atoms with E-state index in [2.05, 4.69) is 15.5 Å². The second kappa shape index (κ2) is 23.3. The molecular formula is C45H77N3O15.